The molecule has 0 aliphatic heterocycles. The lowest BCUT2D eigenvalue weighted by molar-refractivity contribution is 0.199. The van der Waals surface area contributed by atoms with Crippen molar-refractivity contribution < 1.29 is 9.50 Å². The van der Waals surface area contributed by atoms with Gasteiger partial charge in [0, 0.05) is 24.8 Å². The van der Waals surface area contributed by atoms with Crippen LogP contribution in [0, 0.1) is 19.7 Å². The second kappa shape index (κ2) is 6.27. The second-order valence-corrected chi connectivity index (χ2v) is 5.68. The number of benzene rings is 2. The van der Waals surface area contributed by atoms with E-state index in [-0.39, 0.29) is 5.82 Å². The molecule has 3 heteroatoms. The fourth-order valence-electron chi connectivity index (χ4n) is 2.40. The molecule has 1 unspecified atom stereocenters. The Bertz CT molecular complexity index is 620. The standard InChI is InChI=1S/C18H22FNO/c1-12-5-7-15(8-6-12)11-20(4)18-9-13(2)17(19)10-16(18)14(3)21/h5-10,14,21H,11H2,1-4H3. The summed E-state index contributed by atoms with van der Waals surface area (Å²) >= 11 is 0. The van der Waals surface area contributed by atoms with Crippen molar-refractivity contribution in [3.63, 3.8) is 0 Å². The maximum absolute atomic E-state index is 13.7. The summed E-state index contributed by atoms with van der Waals surface area (Å²) in [7, 11) is 1.96. The lowest BCUT2D eigenvalue weighted by Gasteiger charge is -2.24. The first-order valence-corrected chi connectivity index (χ1v) is 7.13. The molecule has 2 nitrogen and oxygen atoms in total. The van der Waals surface area contributed by atoms with E-state index >= 15 is 0 Å². The molecule has 2 rings (SSSR count). The van der Waals surface area contributed by atoms with Gasteiger partial charge in [-0.15, -0.1) is 0 Å². The van der Waals surface area contributed by atoms with Crippen LogP contribution in [-0.2, 0) is 6.54 Å². The van der Waals surface area contributed by atoms with E-state index in [9.17, 15) is 9.50 Å². The average molecular weight is 287 g/mol. The zero-order chi connectivity index (χ0) is 15.6. The highest BCUT2D eigenvalue weighted by atomic mass is 19.1. The van der Waals surface area contributed by atoms with Crippen LogP contribution in [0.3, 0.4) is 0 Å². The molecule has 2 aromatic carbocycles. The molecule has 0 radical (unpaired) electrons. The Labute approximate surface area is 125 Å². The van der Waals surface area contributed by atoms with E-state index < -0.39 is 6.10 Å². The number of halogens is 1. The van der Waals surface area contributed by atoms with Crippen molar-refractivity contribution in [2.24, 2.45) is 0 Å². The fraction of sp³-hybridized carbons (Fsp3) is 0.333. The normalized spacial score (nSPS) is 12.3. The van der Waals surface area contributed by atoms with Crippen molar-refractivity contribution in [3.05, 3.63) is 64.5 Å². The third kappa shape index (κ3) is 3.61. The number of hydrogen-bond donors (Lipinski definition) is 1. The minimum Gasteiger partial charge on any atom is -0.389 e. The Hall–Kier alpha value is -1.87. The van der Waals surface area contributed by atoms with E-state index in [4.69, 9.17) is 0 Å². The Kier molecular flexibility index (Phi) is 4.63. The van der Waals surface area contributed by atoms with E-state index in [1.165, 1.54) is 17.2 Å². The van der Waals surface area contributed by atoms with Crippen LogP contribution >= 0.6 is 0 Å². The predicted molar refractivity (Wildman–Crippen MR) is 85.1 cm³/mol. The first-order chi connectivity index (χ1) is 9.88. The zero-order valence-corrected chi connectivity index (χ0v) is 13.0. The Morgan fingerprint density at radius 1 is 1.14 bits per heavy atom. The van der Waals surface area contributed by atoms with Crippen LogP contribution in [0.15, 0.2) is 36.4 Å². The van der Waals surface area contributed by atoms with Crippen LogP contribution in [0.25, 0.3) is 0 Å². The van der Waals surface area contributed by atoms with Gasteiger partial charge in [-0.2, -0.15) is 0 Å². The highest BCUT2D eigenvalue weighted by Gasteiger charge is 2.15. The molecule has 0 aliphatic carbocycles. The molecule has 0 bridgehead atoms. The maximum Gasteiger partial charge on any atom is 0.126 e. The lowest BCUT2D eigenvalue weighted by Crippen LogP contribution is -2.19. The topological polar surface area (TPSA) is 23.5 Å². The number of aliphatic hydroxyl groups is 1. The highest BCUT2D eigenvalue weighted by Crippen LogP contribution is 2.29. The van der Waals surface area contributed by atoms with Gasteiger partial charge in [0.1, 0.15) is 5.82 Å². The molecule has 2 aromatic rings. The van der Waals surface area contributed by atoms with E-state index in [2.05, 4.69) is 31.2 Å². The van der Waals surface area contributed by atoms with Crippen LogP contribution in [-0.4, -0.2) is 12.2 Å². The van der Waals surface area contributed by atoms with Crippen molar-refractivity contribution in [1.82, 2.24) is 0 Å². The van der Waals surface area contributed by atoms with Crippen LogP contribution in [0.1, 0.15) is 35.3 Å². The molecule has 1 N–H and O–H groups in total. The second-order valence-electron chi connectivity index (χ2n) is 5.68. The first-order valence-electron chi connectivity index (χ1n) is 7.13. The van der Waals surface area contributed by atoms with Crippen LogP contribution in [0.4, 0.5) is 10.1 Å². The first kappa shape index (κ1) is 15.5. The summed E-state index contributed by atoms with van der Waals surface area (Å²) in [5.41, 5.74) is 4.48. The smallest absolute Gasteiger partial charge is 0.126 e. The van der Waals surface area contributed by atoms with Gasteiger partial charge in [-0.3, -0.25) is 0 Å². The van der Waals surface area contributed by atoms with Crippen LogP contribution in [0.2, 0.25) is 0 Å². The third-order valence-corrected chi connectivity index (χ3v) is 3.71. The SMILES string of the molecule is Cc1ccc(CN(C)c2cc(C)c(F)cc2C(C)O)cc1. The molecule has 112 valence electrons. The molecule has 0 saturated heterocycles. The molecule has 1 atom stereocenters. The summed E-state index contributed by atoms with van der Waals surface area (Å²) in [4.78, 5) is 2.04. The van der Waals surface area contributed by atoms with E-state index in [0.717, 1.165) is 5.69 Å². The lowest BCUT2D eigenvalue weighted by atomic mass is 10.0. The highest BCUT2D eigenvalue weighted by molar-refractivity contribution is 5.56. The largest absolute Gasteiger partial charge is 0.389 e. The Morgan fingerprint density at radius 2 is 1.76 bits per heavy atom. The molecule has 0 aromatic heterocycles. The number of rotatable bonds is 4. The number of hydrogen-bond acceptors (Lipinski definition) is 2. The molecular weight excluding hydrogens is 265 g/mol. The summed E-state index contributed by atoms with van der Waals surface area (Å²) in [6.07, 6.45) is -0.699. The van der Waals surface area contributed by atoms with Gasteiger partial charge in [0.2, 0.25) is 0 Å². The summed E-state index contributed by atoms with van der Waals surface area (Å²) in [5, 5.41) is 9.88. The minimum absolute atomic E-state index is 0.279. The van der Waals surface area contributed by atoms with Gasteiger partial charge in [0.05, 0.1) is 6.10 Å². The average Bonchev–Trinajstić information content (AvgIpc) is 2.43. The van der Waals surface area contributed by atoms with E-state index in [0.29, 0.717) is 17.7 Å². The van der Waals surface area contributed by atoms with Crippen LogP contribution < -0.4 is 4.90 Å². The Morgan fingerprint density at radius 3 is 2.33 bits per heavy atom. The quantitative estimate of drug-likeness (QED) is 0.914. The van der Waals surface area contributed by atoms with E-state index in [1.807, 2.05) is 11.9 Å². The summed E-state index contributed by atoms with van der Waals surface area (Å²) in [6.45, 7) is 6.17. The molecule has 0 aliphatic rings. The number of nitrogens with zero attached hydrogens (tertiary/aromatic N) is 1. The fourth-order valence-corrected chi connectivity index (χ4v) is 2.40. The predicted octanol–water partition coefficient (Wildman–Crippen LogP) is 4.13. The summed E-state index contributed by atoms with van der Waals surface area (Å²) in [6, 6.07) is 11.6. The summed E-state index contributed by atoms with van der Waals surface area (Å²) in [5.74, 6) is -0.279. The molecule has 21 heavy (non-hydrogen) atoms. The number of aliphatic hydroxyl groups excluding tert-OH is 1. The van der Waals surface area contributed by atoms with Gasteiger partial charge in [0.15, 0.2) is 0 Å². The number of aryl methyl sites for hydroxylation is 2. The van der Waals surface area contributed by atoms with Gasteiger partial charge in [-0.05, 0) is 44.0 Å². The van der Waals surface area contributed by atoms with Crippen LogP contribution in [0.5, 0.6) is 0 Å². The molecule has 0 fully saturated rings. The van der Waals surface area contributed by atoms with Gasteiger partial charge in [-0.25, -0.2) is 4.39 Å². The zero-order valence-electron chi connectivity index (χ0n) is 13.0. The molecule has 0 heterocycles. The van der Waals surface area contributed by atoms with Gasteiger partial charge < -0.3 is 10.0 Å². The van der Waals surface area contributed by atoms with Gasteiger partial charge in [0.25, 0.3) is 0 Å². The summed E-state index contributed by atoms with van der Waals surface area (Å²) < 4.78 is 13.7. The molecule has 0 spiro atoms. The van der Waals surface area contributed by atoms with Gasteiger partial charge in [-0.1, -0.05) is 29.8 Å². The van der Waals surface area contributed by atoms with E-state index in [1.54, 1.807) is 19.9 Å². The third-order valence-electron chi connectivity index (χ3n) is 3.71. The molecular formula is C18H22FNO. The van der Waals surface area contributed by atoms with Crippen molar-refractivity contribution in [2.75, 3.05) is 11.9 Å². The minimum atomic E-state index is -0.699. The Balaban J connectivity index is 2.31. The molecule has 0 saturated carbocycles. The number of anilines is 1. The van der Waals surface area contributed by atoms with Crippen molar-refractivity contribution in [3.8, 4) is 0 Å². The van der Waals surface area contributed by atoms with Crippen molar-refractivity contribution >= 4 is 5.69 Å². The van der Waals surface area contributed by atoms with Gasteiger partial charge >= 0.3 is 0 Å². The molecule has 0 amide bonds. The monoisotopic (exact) mass is 287 g/mol. The van der Waals surface area contributed by atoms with Crippen molar-refractivity contribution in [1.29, 1.82) is 0 Å². The van der Waals surface area contributed by atoms with Crippen molar-refractivity contribution in [2.45, 2.75) is 33.4 Å². The maximum atomic E-state index is 13.7.